The predicted molar refractivity (Wildman–Crippen MR) is 37.6 cm³/mol. The van der Waals surface area contributed by atoms with Gasteiger partial charge in [-0.2, -0.15) is 5.26 Å². The molecule has 0 radical (unpaired) electrons. The predicted octanol–water partition coefficient (Wildman–Crippen LogP) is 0.719. The molecule has 0 spiro atoms. The lowest BCUT2D eigenvalue weighted by Gasteiger charge is -1.80. The molecule has 0 fully saturated rings. The lowest BCUT2D eigenvalue weighted by atomic mass is 10.3. The number of rotatable bonds is 1. The Morgan fingerprint density at radius 3 is 2.80 bits per heavy atom. The highest BCUT2D eigenvalue weighted by atomic mass is 32.1. The Hall–Kier alpha value is -1.34. The second-order valence-corrected chi connectivity index (χ2v) is 2.59. The zero-order valence-electron chi connectivity index (χ0n) is 5.00. The Labute approximate surface area is 61.7 Å². The maximum Gasteiger partial charge on any atom is 0.258 e. The van der Waals surface area contributed by atoms with Gasteiger partial charge in [-0.3, -0.25) is 4.79 Å². The quantitative estimate of drug-likeness (QED) is 0.644. The molecule has 0 saturated heterocycles. The van der Waals surface area contributed by atoms with E-state index in [-0.39, 0.29) is 0 Å². The first-order chi connectivity index (χ1) is 4.74. The summed E-state index contributed by atoms with van der Waals surface area (Å²) in [4.78, 5) is 10.9. The van der Waals surface area contributed by atoms with Gasteiger partial charge in [0.1, 0.15) is 6.07 Å². The average molecular weight is 152 g/mol. The molecule has 1 heterocycles. The molecule has 0 aliphatic carbocycles. The van der Waals surface area contributed by atoms with Gasteiger partial charge in [-0.1, -0.05) is 0 Å². The number of carbonyl (C=O) groups is 1. The molecule has 1 aromatic rings. The Bertz CT molecular complexity index is 297. The van der Waals surface area contributed by atoms with E-state index >= 15 is 0 Å². The van der Waals surface area contributed by atoms with Crippen LogP contribution in [0.2, 0.25) is 0 Å². The fraction of sp³-hybridized carbons (Fsp3) is 0. The van der Waals surface area contributed by atoms with Gasteiger partial charge in [0.05, 0.1) is 10.4 Å². The zero-order valence-corrected chi connectivity index (χ0v) is 5.81. The lowest BCUT2D eigenvalue weighted by Crippen LogP contribution is -2.08. The minimum atomic E-state index is -0.480. The molecule has 1 amide bonds. The molecule has 3 nitrogen and oxygen atoms in total. The molecule has 0 aromatic carbocycles. The van der Waals surface area contributed by atoms with Crippen LogP contribution in [0.3, 0.4) is 0 Å². The number of hydrogen-bond donors (Lipinski definition) is 1. The van der Waals surface area contributed by atoms with Crippen molar-refractivity contribution in [3.8, 4) is 6.07 Å². The summed E-state index contributed by atoms with van der Waals surface area (Å²) in [5.74, 6) is -0.480. The summed E-state index contributed by atoms with van der Waals surface area (Å²) in [5, 5.41) is 9.93. The van der Waals surface area contributed by atoms with Crippen LogP contribution >= 0.6 is 11.3 Å². The van der Waals surface area contributed by atoms with Gasteiger partial charge in [0.25, 0.3) is 5.91 Å². The molecular weight excluding hydrogens is 148 g/mol. The third-order valence-corrected chi connectivity index (χ3v) is 1.92. The minimum absolute atomic E-state index is 0.427. The summed E-state index contributed by atoms with van der Waals surface area (Å²) in [6.45, 7) is 0. The van der Waals surface area contributed by atoms with Gasteiger partial charge < -0.3 is 5.73 Å². The summed E-state index contributed by atoms with van der Waals surface area (Å²) < 4.78 is 0. The van der Waals surface area contributed by atoms with E-state index in [9.17, 15) is 4.79 Å². The molecule has 0 aliphatic rings. The van der Waals surface area contributed by atoms with Gasteiger partial charge >= 0.3 is 0 Å². The summed E-state index contributed by atoms with van der Waals surface area (Å²) in [7, 11) is 0. The number of primary amides is 1. The van der Waals surface area contributed by atoms with Crippen molar-refractivity contribution >= 4 is 17.2 Å². The van der Waals surface area contributed by atoms with E-state index in [0.29, 0.717) is 10.4 Å². The van der Waals surface area contributed by atoms with E-state index in [4.69, 9.17) is 11.0 Å². The van der Waals surface area contributed by atoms with E-state index in [1.54, 1.807) is 5.38 Å². The highest BCUT2D eigenvalue weighted by Crippen LogP contribution is 2.12. The molecule has 1 rings (SSSR count). The normalized spacial score (nSPS) is 8.70. The van der Waals surface area contributed by atoms with Crippen molar-refractivity contribution in [2.75, 3.05) is 0 Å². The maximum absolute atomic E-state index is 10.5. The summed E-state index contributed by atoms with van der Waals surface area (Å²) in [6, 6.07) is 3.38. The van der Waals surface area contributed by atoms with Crippen molar-refractivity contribution in [1.82, 2.24) is 0 Å². The van der Waals surface area contributed by atoms with Crippen LogP contribution in [-0.4, -0.2) is 5.91 Å². The minimum Gasteiger partial charge on any atom is -0.365 e. The van der Waals surface area contributed by atoms with Crippen LogP contribution in [0.15, 0.2) is 11.4 Å². The Balaban J connectivity index is 3.02. The first-order valence-corrected chi connectivity index (χ1v) is 3.40. The van der Waals surface area contributed by atoms with Crippen LogP contribution in [0.5, 0.6) is 0 Å². The number of hydrogen-bond acceptors (Lipinski definition) is 3. The number of amides is 1. The number of nitrogens with zero attached hydrogens (tertiary/aromatic N) is 1. The third-order valence-electron chi connectivity index (χ3n) is 0.971. The van der Waals surface area contributed by atoms with E-state index in [2.05, 4.69) is 0 Å². The van der Waals surface area contributed by atoms with Crippen LogP contribution in [0, 0.1) is 11.3 Å². The lowest BCUT2D eigenvalue weighted by molar-refractivity contribution is 0.100. The van der Waals surface area contributed by atoms with E-state index in [1.807, 2.05) is 6.07 Å². The SMILES string of the molecule is N#Cc1csc(C(N)=O)c1. The number of thiophene rings is 1. The summed E-state index contributed by atoms with van der Waals surface area (Å²) in [5.41, 5.74) is 5.43. The molecule has 0 bridgehead atoms. The largest absolute Gasteiger partial charge is 0.365 e. The second kappa shape index (κ2) is 2.50. The first-order valence-electron chi connectivity index (χ1n) is 2.52. The zero-order chi connectivity index (χ0) is 7.56. The second-order valence-electron chi connectivity index (χ2n) is 1.68. The molecule has 0 aliphatic heterocycles. The van der Waals surface area contributed by atoms with Crippen LogP contribution in [0.1, 0.15) is 15.2 Å². The standard InChI is InChI=1S/C6H4N2OS/c7-2-4-1-5(6(8)9)10-3-4/h1,3H,(H2,8,9). The van der Waals surface area contributed by atoms with Gasteiger partial charge in [0.2, 0.25) is 0 Å². The van der Waals surface area contributed by atoms with Gasteiger partial charge in [-0.25, -0.2) is 0 Å². The molecule has 0 saturated carbocycles. The van der Waals surface area contributed by atoms with Crippen molar-refractivity contribution in [2.45, 2.75) is 0 Å². The maximum atomic E-state index is 10.5. The molecular formula is C6H4N2OS. The number of nitrogens with two attached hydrogens (primary N) is 1. The van der Waals surface area contributed by atoms with Crippen LogP contribution in [-0.2, 0) is 0 Å². The van der Waals surface area contributed by atoms with Crippen LogP contribution < -0.4 is 5.73 Å². The van der Waals surface area contributed by atoms with Crippen molar-refractivity contribution in [2.24, 2.45) is 5.73 Å². The van der Waals surface area contributed by atoms with Gasteiger partial charge in [0, 0.05) is 5.38 Å². The number of nitriles is 1. The molecule has 1 aromatic heterocycles. The molecule has 2 N–H and O–H groups in total. The first kappa shape index (κ1) is 6.78. The molecule has 4 heteroatoms. The van der Waals surface area contributed by atoms with Gasteiger partial charge in [0.15, 0.2) is 0 Å². The fourth-order valence-electron chi connectivity index (χ4n) is 0.524. The average Bonchev–Trinajstić information content (AvgIpc) is 2.34. The van der Waals surface area contributed by atoms with Gasteiger partial charge in [-0.15, -0.1) is 11.3 Å². The van der Waals surface area contributed by atoms with Crippen LogP contribution in [0.4, 0.5) is 0 Å². The van der Waals surface area contributed by atoms with Crippen molar-refractivity contribution in [3.63, 3.8) is 0 Å². The Morgan fingerprint density at radius 2 is 2.50 bits per heavy atom. The smallest absolute Gasteiger partial charge is 0.258 e. The van der Waals surface area contributed by atoms with E-state index in [0.717, 1.165) is 0 Å². The van der Waals surface area contributed by atoms with Crippen LogP contribution in [0.25, 0.3) is 0 Å². The number of carbonyl (C=O) groups excluding carboxylic acids is 1. The van der Waals surface area contributed by atoms with E-state index < -0.39 is 5.91 Å². The molecule has 0 atom stereocenters. The third kappa shape index (κ3) is 1.14. The highest BCUT2D eigenvalue weighted by molar-refractivity contribution is 7.12. The topological polar surface area (TPSA) is 66.9 Å². The molecule has 0 unspecified atom stereocenters. The van der Waals surface area contributed by atoms with Gasteiger partial charge in [-0.05, 0) is 6.07 Å². The fourth-order valence-corrected chi connectivity index (χ4v) is 1.21. The molecule has 50 valence electrons. The van der Waals surface area contributed by atoms with E-state index in [1.165, 1.54) is 17.4 Å². The monoisotopic (exact) mass is 152 g/mol. The van der Waals surface area contributed by atoms with Crippen molar-refractivity contribution < 1.29 is 4.79 Å². The highest BCUT2D eigenvalue weighted by Gasteiger charge is 2.02. The summed E-state index contributed by atoms with van der Waals surface area (Å²) >= 11 is 1.19. The van der Waals surface area contributed by atoms with Crippen molar-refractivity contribution in [3.05, 3.63) is 21.9 Å². The Morgan fingerprint density at radius 1 is 1.80 bits per heavy atom. The molecule has 10 heavy (non-hydrogen) atoms. The Kier molecular flexibility index (Phi) is 1.69. The van der Waals surface area contributed by atoms with Crippen molar-refractivity contribution in [1.29, 1.82) is 5.26 Å². The summed E-state index contributed by atoms with van der Waals surface area (Å²) in [6.07, 6.45) is 0.